The van der Waals surface area contributed by atoms with Gasteiger partial charge in [-0.3, -0.25) is 39.0 Å². The van der Waals surface area contributed by atoms with Crippen molar-refractivity contribution in [3.63, 3.8) is 0 Å². The summed E-state index contributed by atoms with van der Waals surface area (Å²) in [5.74, 6) is -2.42. The number of ether oxygens (including phenoxy) is 2. The third-order valence-electron chi connectivity index (χ3n) is 12.7. The first kappa shape index (κ1) is 48.8. The number of hydroxylamine groups is 2. The van der Waals surface area contributed by atoms with Gasteiger partial charge in [-0.15, -0.1) is 0 Å². The van der Waals surface area contributed by atoms with Crippen molar-refractivity contribution in [3.05, 3.63) is 36.0 Å². The first-order valence-electron chi connectivity index (χ1n) is 22.0. The van der Waals surface area contributed by atoms with Crippen LogP contribution in [0.4, 0.5) is 0 Å². The zero-order valence-electron chi connectivity index (χ0n) is 37.9. The Balaban J connectivity index is 1.52. The van der Waals surface area contributed by atoms with E-state index in [4.69, 9.17) is 14.3 Å². The summed E-state index contributed by atoms with van der Waals surface area (Å²) < 4.78 is 12.2. The van der Waals surface area contributed by atoms with E-state index in [0.29, 0.717) is 26.1 Å². The Morgan fingerprint density at radius 2 is 1.65 bits per heavy atom. The Morgan fingerprint density at radius 3 is 2.25 bits per heavy atom. The molecule has 4 rings (SSSR count). The van der Waals surface area contributed by atoms with E-state index in [-0.39, 0.29) is 60.3 Å². The molecule has 60 heavy (non-hydrogen) atoms. The predicted octanol–water partition coefficient (Wildman–Crippen LogP) is 4.05. The average Bonchev–Trinajstić information content (AvgIpc) is 3.88. The molecule has 0 radical (unpaired) electrons. The molecule has 4 N–H and O–H groups in total. The Labute approximate surface area is 357 Å². The second kappa shape index (κ2) is 22.8. The molecular weight excluding hydrogens is 767 g/mol. The molecule has 15 nitrogen and oxygen atoms in total. The maximum absolute atomic E-state index is 14.4. The van der Waals surface area contributed by atoms with Crippen molar-refractivity contribution in [1.82, 2.24) is 35.8 Å². The lowest BCUT2D eigenvalue weighted by atomic mass is 9.87. The number of imide groups is 1. The van der Waals surface area contributed by atoms with Crippen LogP contribution in [-0.2, 0) is 44.7 Å². The summed E-state index contributed by atoms with van der Waals surface area (Å²) in [5, 5.41) is 11.1. The molecule has 336 valence electrons. The molecule has 0 aliphatic carbocycles. The lowest BCUT2D eigenvalue weighted by Gasteiger charge is -2.43. The van der Waals surface area contributed by atoms with Gasteiger partial charge in [-0.2, -0.15) is 0 Å². The number of fused-ring (bicyclic) bond motifs is 1. The van der Waals surface area contributed by atoms with Gasteiger partial charge in [-0.1, -0.05) is 73.1 Å². The summed E-state index contributed by atoms with van der Waals surface area (Å²) in [6, 6.07) is 5.03. The molecule has 0 bridgehead atoms. The second-order valence-electron chi connectivity index (χ2n) is 17.5. The van der Waals surface area contributed by atoms with Crippen LogP contribution in [0.5, 0.6) is 0 Å². The molecule has 2 aliphatic rings. The van der Waals surface area contributed by atoms with E-state index >= 15 is 0 Å². The minimum absolute atomic E-state index is 0.0177. The number of methoxy groups -OCH3 is 2. The molecule has 2 saturated heterocycles. The Hall–Kier alpha value is -3.89. The van der Waals surface area contributed by atoms with Crippen molar-refractivity contribution in [2.45, 2.75) is 136 Å². The average molecular weight is 840 g/mol. The number of hydrogen-bond acceptors (Lipinski definition) is 10. The lowest BCUT2D eigenvalue weighted by molar-refractivity contribution is -0.199. The number of benzene rings is 1. The third kappa shape index (κ3) is 11.7. The van der Waals surface area contributed by atoms with Gasteiger partial charge in [0.1, 0.15) is 6.04 Å². The van der Waals surface area contributed by atoms with Crippen LogP contribution >= 0.6 is 0 Å². The standard InChI is InChI=1S/C45H73N7O8/c1-12-29(6)40(50(9)39(28(4)5)44(56)49-43(55)38(46-8)27(2)3)36(58-10)25-37(53)51-21-17-20-35(51)41(59-11)30(7)42(54)48-34(45(57)52-22-15-16-23-60-52)24-31-26-47-33-19-14-13-18-32(31)33/h13-14,18-19,26-30,34-36,38-41,46-47H,12,15-17,20-25H2,1-11H3,(H,48,54)(H,49,55,56)/t29-,30+,34-,35-,36+,38-,39-,40-,41+/m0/s1. The normalized spacial score (nSPS) is 20.1. The molecule has 0 unspecified atom stereocenters. The first-order chi connectivity index (χ1) is 28.6. The predicted molar refractivity (Wildman–Crippen MR) is 231 cm³/mol. The molecule has 1 aromatic heterocycles. The monoisotopic (exact) mass is 840 g/mol. The summed E-state index contributed by atoms with van der Waals surface area (Å²) in [6.07, 6.45) is 4.76. The van der Waals surface area contributed by atoms with Crippen molar-refractivity contribution in [2.24, 2.45) is 23.7 Å². The highest BCUT2D eigenvalue weighted by atomic mass is 16.7. The first-order valence-corrected chi connectivity index (χ1v) is 22.0. The number of amides is 5. The number of carbonyl (C=O) groups excluding carboxylic acids is 5. The smallest absolute Gasteiger partial charge is 0.269 e. The molecule has 0 spiro atoms. The van der Waals surface area contributed by atoms with E-state index in [9.17, 15) is 24.0 Å². The molecule has 5 amide bonds. The highest BCUT2D eigenvalue weighted by Crippen LogP contribution is 2.31. The van der Waals surface area contributed by atoms with Crippen LogP contribution in [0.2, 0.25) is 0 Å². The SMILES string of the molecule is CC[C@H](C)[C@@H]([C@@H](CC(=O)N1CCC[C@H]1[C@H](OC)[C@@H](C)C(=O)N[C@@H](Cc1c[nH]c2ccccc12)C(=O)N1CCCCO1)OC)N(C)[C@H](C(=O)NC(=O)[C@@H](NC)C(C)C)C(C)C. The number of nitrogens with zero attached hydrogens (tertiary/aromatic N) is 3. The number of aromatic amines is 1. The Kier molecular flexibility index (Phi) is 18.5. The van der Waals surface area contributed by atoms with Crippen LogP contribution in [0, 0.1) is 23.7 Å². The van der Waals surface area contributed by atoms with Crippen molar-refractivity contribution in [1.29, 1.82) is 0 Å². The van der Waals surface area contributed by atoms with E-state index in [2.05, 4.69) is 34.8 Å². The van der Waals surface area contributed by atoms with Gasteiger partial charge in [0.2, 0.25) is 23.6 Å². The quantitative estimate of drug-likeness (QED) is 0.144. The number of likely N-dealkylation sites (N-methyl/N-ethyl adjacent to an activating group) is 2. The molecule has 1 aromatic carbocycles. The van der Waals surface area contributed by atoms with Crippen LogP contribution in [0.3, 0.4) is 0 Å². The van der Waals surface area contributed by atoms with Crippen LogP contribution in [0.1, 0.15) is 92.6 Å². The van der Waals surface area contributed by atoms with Crippen molar-refractivity contribution in [2.75, 3.05) is 48.0 Å². The van der Waals surface area contributed by atoms with Crippen molar-refractivity contribution < 1.29 is 38.3 Å². The molecule has 2 aliphatic heterocycles. The van der Waals surface area contributed by atoms with Crippen molar-refractivity contribution >= 4 is 40.4 Å². The molecule has 15 heteroatoms. The number of H-pyrrole nitrogens is 1. The zero-order valence-corrected chi connectivity index (χ0v) is 37.9. The largest absolute Gasteiger partial charge is 0.379 e. The fraction of sp³-hybridized carbons (Fsp3) is 0.711. The minimum Gasteiger partial charge on any atom is -0.379 e. The van der Waals surface area contributed by atoms with Gasteiger partial charge < -0.3 is 30.0 Å². The fourth-order valence-electron chi connectivity index (χ4n) is 9.34. The lowest BCUT2D eigenvalue weighted by Crippen LogP contribution is -2.60. The molecular formula is C45H73N7O8. The van der Waals surface area contributed by atoms with E-state index < -0.39 is 48.2 Å². The van der Waals surface area contributed by atoms with Crippen LogP contribution in [0.25, 0.3) is 10.9 Å². The molecule has 0 saturated carbocycles. The fourth-order valence-corrected chi connectivity index (χ4v) is 9.34. The number of aromatic nitrogens is 1. The number of para-hydroxylation sites is 1. The van der Waals surface area contributed by atoms with Crippen molar-refractivity contribution in [3.8, 4) is 0 Å². The van der Waals surface area contributed by atoms with Gasteiger partial charge in [-0.25, -0.2) is 5.06 Å². The van der Waals surface area contributed by atoms with Crippen LogP contribution < -0.4 is 16.0 Å². The topological polar surface area (TPSA) is 175 Å². The van der Waals surface area contributed by atoms with Gasteiger partial charge >= 0.3 is 0 Å². The van der Waals surface area contributed by atoms with Gasteiger partial charge in [0, 0.05) is 56.9 Å². The van der Waals surface area contributed by atoms with E-state index in [1.54, 1.807) is 28.2 Å². The van der Waals surface area contributed by atoms with E-state index in [1.165, 1.54) is 5.06 Å². The summed E-state index contributed by atoms with van der Waals surface area (Å²) in [6.45, 7) is 15.1. The maximum atomic E-state index is 14.4. The van der Waals surface area contributed by atoms with Gasteiger partial charge in [0.05, 0.1) is 49.3 Å². The molecule has 2 fully saturated rings. The third-order valence-corrected chi connectivity index (χ3v) is 12.7. The van der Waals surface area contributed by atoms with E-state index in [0.717, 1.165) is 42.1 Å². The number of likely N-dealkylation sites (tertiary alicyclic amines) is 1. The number of nitrogens with one attached hydrogen (secondary N) is 4. The van der Waals surface area contributed by atoms with E-state index in [1.807, 2.05) is 75.0 Å². The summed E-state index contributed by atoms with van der Waals surface area (Å²) in [5.41, 5.74) is 1.85. The zero-order chi connectivity index (χ0) is 44.3. The van der Waals surface area contributed by atoms with Crippen LogP contribution in [0.15, 0.2) is 30.5 Å². The number of carbonyl (C=O) groups is 5. The highest BCUT2D eigenvalue weighted by molar-refractivity contribution is 6.00. The van der Waals surface area contributed by atoms with Gasteiger partial charge in [-0.05, 0) is 69.2 Å². The van der Waals surface area contributed by atoms with Gasteiger partial charge in [0.15, 0.2) is 0 Å². The molecule has 9 atom stereocenters. The number of rotatable bonds is 21. The Bertz CT molecular complexity index is 1730. The molecule has 2 aromatic rings. The number of hydrogen-bond donors (Lipinski definition) is 4. The minimum atomic E-state index is -0.886. The van der Waals surface area contributed by atoms with Gasteiger partial charge in [0.25, 0.3) is 5.91 Å². The second-order valence-corrected chi connectivity index (χ2v) is 17.5. The highest BCUT2D eigenvalue weighted by Gasteiger charge is 2.44. The van der Waals surface area contributed by atoms with Crippen LogP contribution in [-0.4, -0.2) is 140 Å². The molecule has 3 heterocycles. The summed E-state index contributed by atoms with van der Waals surface area (Å²) >= 11 is 0. The summed E-state index contributed by atoms with van der Waals surface area (Å²) in [7, 11) is 6.71. The summed E-state index contributed by atoms with van der Waals surface area (Å²) in [4.78, 5) is 82.3. The Morgan fingerprint density at radius 1 is 0.933 bits per heavy atom. The maximum Gasteiger partial charge on any atom is 0.269 e.